The molecular weight excluding hydrogens is 274 g/mol. The molecule has 1 amide bonds. The first-order valence-corrected chi connectivity index (χ1v) is 7.03. The van der Waals surface area contributed by atoms with E-state index < -0.39 is 11.6 Å². The zero-order chi connectivity index (χ0) is 15.6. The van der Waals surface area contributed by atoms with E-state index in [1.165, 1.54) is 0 Å². The fraction of sp³-hybridized carbons (Fsp3) is 0.643. The standard InChI is InChI=1S/C14H21N3O4/c1-14(2,3)21-13(20)17-6-4-9(5-7-17)10-8-11(12(18)19)16-15-10/h8-9H,4-7H2,1-3H3,(H,15,16)(H,18,19). The van der Waals surface area contributed by atoms with Crippen LogP contribution in [0.1, 0.15) is 55.7 Å². The predicted octanol–water partition coefficient (Wildman–Crippen LogP) is 2.22. The molecular formula is C14H21N3O4. The molecule has 7 heteroatoms. The number of likely N-dealkylation sites (tertiary alicyclic amines) is 1. The third kappa shape index (κ3) is 3.96. The second-order valence-electron chi connectivity index (χ2n) is 6.26. The molecule has 0 radical (unpaired) electrons. The molecule has 2 rings (SSSR count). The van der Waals surface area contributed by atoms with Crippen LogP contribution in [0, 0.1) is 0 Å². The molecule has 1 aliphatic heterocycles. The van der Waals surface area contributed by atoms with Crippen molar-refractivity contribution in [2.24, 2.45) is 0 Å². The highest BCUT2D eigenvalue weighted by atomic mass is 16.6. The maximum absolute atomic E-state index is 12.0. The van der Waals surface area contributed by atoms with Crippen molar-refractivity contribution in [1.82, 2.24) is 15.1 Å². The van der Waals surface area contributed by atoms with Crippen LogP contribution in [0.2, 0.25) is 0 Å². The number of nitrogens with zero attached hydrogens (tertiary/aromatic N) is 2. The van der Waals surface area contributed by atoms with E-state index in [0.717, 1.165) is 18.5 Å². The molecule has 0 saturated carbocycles. The molecule has 0 bridgehead atoms. The fourth-order valence-corrected chi connectivity index (χ4v) is 2.35. The monoisotopic (exact) mass is 295 g/mol. The Bertz CT molecular complexity index is 525. The first kappa shape index (κ1) is 15.3. The van der Waals surface area contributed by atoms with E-state index in [1.54, 1.807) is 11.0 Å². The summed E-state index contributed by atoms with van der Waals surface area (Å²) in [6.45, 7) is 6.73. The van der Waals surface area contributed by atoms with Crippen LogP contribution in [0.3, 0.4) is 0 Å². The van der Waals surface area contributed by atoms with Gasteiger partial charge in [-0.1, -0.05) is 0 Å². The second kappa shape index (κ2) is 5.75. The minimum absolute atomic E-state index is 0.0274. The lowest BCUT2D eigenvalue weighted by Gasteiger charge is -2.33. The number of hydrogen-bond donors (Lipinski definition) is 2. The number of carboxylic acid groups (broad SMARTS) is 1. The summed E-state index contributed by atoms with van der Waals surface area (Å²) >= 11 is 0. The highest BCUT2D eigenvalue weighted by Crippen LogP contribution is 2.27. The Kier molecular flexibility index (Phi) is 4.20. The fourth-order valence-electron chi connectivity index (χ4n) is 2.35. The van der Waals surface area contributed by atoms with Gasteiger partial charge in [0.05, 0.1) is 0 Å². The van der Waals surface area contributed by atoms with E-state index in [4.69, 9.17) is 9.84 Å². The van der Waals surface area contributed by atoms with Gasteiger partial charge in [-0.2, -0.15) is 5.10 Å². The van der Waals surface area contributed by atoms with Crippen molar-refractivity contribution in [3.63, 3.8) is 0 Å². The lowest BCUT2D eigenvalue weighted by Crippen LogP contribution is -2.41. The van der Waals surface area contributed by atoms with Crippen LogP contribution in [0.4, 0.5) is 4.79 Å². The molecule has 7 nitrogen and oxygen atoms in total. The van der Waals surface area contributed by atoms with Crippen LogP contribution < -0.4 is 0 Å². The molecule has 0 unspecified atom stereocenters. The molecule has 116 valence electrons. The average molecular weight is 295 g/mol. The Morgan fingerprint density at radius 2 is 2.00 bits per heavy atom. The van der Waals surface area contributed by atoms with Gasteiger partial charge in [-0.3, -0.25) is 5.10 Å². The molecule has 1 aromatic heterocycles. The number of aromatic nitrogens is 2. The zero-order valence-corrected chi connectivity index (χ0v) is 12.5. The summed E-state index contributed by atoms with van der Waals surface area (Å²) in [5.74, 6) is -0.840. The number of carbonyl (C=O) groups excluding carboxylic acids is 1. The minimum atomic E-state index is -1.04. The van der Waals surface area contributed by atoms with E-state index >= 15 is 0 Å². The maximum atomic E-state index is 12.0. The van der Waals surface area contributed by atoms with E-state index in [2.05, 4.69) is 10.2 Å². The normalized spacial score (nSPS) is 16.8. The molecule has 0 aromatic carbocycles. The van der Waals surface area contributed by atoms with Crippen molar-refractivity contribution < 1.29 is 19.4 Å². The van der Waals surface area contributed by atoms with Gasteiger partial charge in [-0.05, 0) is 39.7 Å². The van der Waals surface area contributed by atoms with Gasteiger partial charge < -0.3 is 14.7 Å². The number of piperidine rings is 1. The van der Waals surface area contributed by atoms with Crippen molar-refractivity contribution in [3.8, 4) is 0 Å². The maximum Gasteiger partial charge on any atom is 0.410 e. The van der Waals surface area contributed by atoms with Gasteiger partial charge in [0.15, 0.2) is 5.69 Å². The Morgan fingerprint density at radius 3 is 2.48 bits per heavy atom. The highest BCUT2D eigenvalue weighted by molar-refractivity contribution is 5.85. The summed E-state index contributed by atoms with van der Waals surface area (Å²) < 4.78 is 5.34. The quantitative estimate of drug-likeness (QED) is 0.872. The number of nitrogens with one attached hydrogen (secondary N) is 1. The first-order valence-electron chi connectivity index (χ1n) is 7.03. The van der Waals surface area contributed by atoms with Gasteiger partial charge in [0, 0.05) is 24.7 Å². The Balaban J connectivity index is 1.90. The molecule has 1 aromatic rings. The number of carboxylic acids is 1. The molecule has 21 heavy (non-hydrogen) atoms. The van der Waals surface area contributed by atoms with Gasteiger partial charge in [-0.25, -0.2) is 9.59 Å². The Hall–Kier alpha value is -2.05. The summed E-state index contributed by atoms with van der Waals surface area (Å²) in [5.41, 5.74) is 0.351. The van der Waals surface area contributed by atoms with Crippen LogP contribution >= 0.6 is 0 Å². The summed E-state index contributed by atoms with van der Waals surface area (Å²) in [6, 6.07) is 1.57. The lowest BCUT2D eigenvalue weighted by atomic mass is 9.93. The number of carbonyl (C=O) groups is 2. The van der Waals surface area contributed by atoms with Crippen LogP contribution in [-0.2, 0) is 4.74 Å². The number of amides is 1. The van der Waals surface area contributed by atoms with Gasteiger partial charge in [-0.15, -0.1) is 0 Å². The number of rotatable bonds is 2. The summed E-state index contributed by atoms with van der Waals surface area (Å²) in [5, 5.41) is 15.4. The first-order chi connectivity index (χ1) is 9.76. The smallest absolute Gasteiger partial charge is 0.410 e. The van der Waals surface area contributed by atoms with Gasteiger partial charge in [0.2, 0.25) is 0 Å². The summed E-state index contributed by atoms with van der Waals surface area (Å²) in [4.78, 5) is 24.5. The van der Waals surface area contributed by atoms with E-state index in [-0.39, 0.29) is 17.7 Å². The second-order valence-corrected chi connectivity index (χ2v) is 6.26. The highest BCUT2D eigenvalue weighted by Gasteiger charge is 2.28. The lowest BCUT2D eigenvalue weighted by molar-refractivity contribution is 0.0204. The van der Waals surface area contributed by atoms with Crippen molar-refractivity contribution in [3.05, 3.63) is 17.5 Å². The van der Waals surface area contributed by atoms with Crippen molar-refractivity contribution in [1.29, 1.82) is 0 Å². The molecule has 1 saturated heterocycles. The summed E-state index contributed by atoms with van der Waals surface area (Å²) in [7, 11) is 0. The molecule has 1 aliphatic rings. The number of H-pyrrole nitrogens is 1. The van der Waals surface area contributed by atoms with E-state index in [0.29, 0.717) is 13.1 Å². The van der Waals surface area contributed by atoms with Crippen molar-refractivity contribution >= 4 is 12.1 Å². The predicted molar refractivity (Wildman–Crippen MR) is 75.3 cm³/mol. The SMILES string of the molecule is CC(C)(C)OC(=O)N1CCC(c2cc(C(=O)O)n[nH]2)CC1. The molecule has 2 heterocycles. The number of hydrogen-bond acceptors (Lipinski definition) is 4. The van der Waals surface area contributed by atoms with Crippen LogP contribution in [-0.4, -0.2) is 51.0 Å². The van der Waals surface area contributed by atoms with Crippen LogP contribution in [0.15, 0.2) is 6.07 Å². The topological polar surface area (TPSA) is 95.5 Å². The molecule has 2 N–H and O–H groups in total. The van der Waals surface area contributed by atoms with E-state index in [9.17, 15) is 9.59 Å². The number of aromatic amines is 1. The minimum Gasteiger partial charge on any atom is -0.476 e. The third-order valence-corrected chi connectivity index (χ3v) is 3.40. The van der Waals surface area contributed by atoms with Crippen LogP contribution in [0.25, 0.3) is 0 Å². The molecule has 0 aliphatic carbocycles. The average Bonchev–Trinajstić information content (AvgIpc) is 2.86. The zero-order valence-electron chi connectivity index (χ0n) is 12.5. The molecule has 0 spiro atoms. The largest absolute Gasteiger partial charge is 0.476 e. The number of ether oxygens (including phenoxy) is 1. The Morgan fingerprint density at radius 1 is 1.38 bits per heavy atom. The Labute approximate surface area is 123 Å². The van der Waals surface area contributed by atoms with Gasteiger partial charge in [0.25, 0.3) is 0 Å². The third-order valence-electron chi connectivity index (χ3n) is 3.40. The van der Waals surface area contributed by atoms with Gasteiger partial charge in [0.1, 0.15) is 5.60 Å². The van der Waals surface area contributed by atoms with E-state index in [1.807, 2.05) is 20.8 Å². The van der Waals surface area contributed by atoms with Crippen molar-refractivity contribution in [2.45, 2.75) is 45.1 Å². The molecule has 1 fully saturated rings. The number of aromatic carboxylic acids is 1. The molecule has 0 atom stereocenters. The summed E-state index contributed by atoms with van der Waals surface area (Å²) in [6.07, 6.45) is 1.23. The van der Waals surface area contributed by atoms with Gasteiger partial charge >= 0.3 is 12.1 Å². The van der Waals surface area contributed by atoms with Crippen molar-refractivity contribution in [2.75, 3.05) is 13.1 Å². The van der Waals surface area contributed by atoms with Crippen LogP contribution in [0.5, 0.6) is 0 Å².